The lowest BCUT2D eigenvalue weighted by Gasteiger charge is -2.17. The van der Waals surface area contributed by atoms with E-state index < -0.39 is 0 Å². The summed E-state index contributed by atoms with van der Waals surface area (Å²) in [5.41, 5.74) is 7.82. The highest BCUT2D eigenvalue weighted by atomic mass is 15.1. The van der Waals surface area contributed by atoms with Crippen LogP contribution in [0.5, 0.6) is 0 Å². The molecule has 0 saturated heterocycles. The van der Waals surface area contributed by atoms with E-state index in [1.807, 2.05) is 6.20 Å². The molecule has 17 heavy (non-hydrogen) atoms. The number of aromatic nitrogens is 2. The van der Waals surface area contributed by atoms with E-state index in [2.05, 4.69) is 35.6 Å². The maximum atomic E-state index is 5.65. The Labute approximate surface area is 104 Å². The van der Waals surface area contributed by atoms with Crippen LogP contribution in [0.1, 0.15) is 37.9 Å². The van der Waals surface area contributed by atoms with Crippen LogP contribution < -0.4 is 5.73 Å². The average molecular weight is 236 g/mol. The minimum absolute atomic E-state index is 0.527. The van der Waals surface area contributed by atoms with Gasteiger partial charge in [-0.05, 0) is 19.5 Å². The van der Waals surface area contributed by atoms with Gasteiger partial charge in [-0.25, -0.2) is 9.97 Å². The monoisotopic (exact) mass is 236 g/mol. The van der Waals surface area contributed by atoms with E-state index in [4.69, 9.17) is 5.73 Å². The second-order valence-electron chi connectivity index (χ2n) is 4.09. The molecule has 0 radical (unpaired) electrons. The summed E-state index contributed by atoms with van der Waals surface area (Å²) in [6.45, 7) is 10.2. The molecule has 1 rings (SSSR count). The van der Waals surface area contributed by atoms with Crippen LogP contribution in [0.25, 0.3) is 0 Å². The van der Waals surface area contributed by atoms with Gasteiger partial charge in [0, 0.05) is 37.0 Å². The van der Waals surface area contributed by atoms with Crippen molar-refractivity contribution in [2.45, 2.75) is 40.2 Å². The fourth-order valence-electron chi connectivity index (χ4n) is 1.88. The summed E-state index contributed by atoms with van der Waals surface area (Å²) in [4.78, 5) is 11.3. The van der Waals surface area contributed by atoms with E-state index in [-0.39, 0.29) is 0 Å². The molecule has 1 aromatic rings. The Morgan fingerprint density at radius 1 is 1.24 bits per heavy atom. The molecule has 0 aliphatic carbocycles. The van der Waals surface area contributed by atoms with E-state index in [9.17, 15) is 0 Å². The third kappa shape index (κ3) is 4.06. The highest BCUT2D eigenvalue weighted by Gasteiger charge is 2.06. The van der Waals surface area contributed by atoms with Crippen LogP contribution in [0.15, 0.2) is 6.20 Å². The van der Waals surface area contributed by atoms with Gasteiger partial charge in [0.25, 0.3) is 0 Å². The van der Waals surface area contributed by atoms with Crippen molar-refractivity contribution in [2.24, 2.45) is 5.73 Å². The summed E-state index contributed by atoms with van der Waals surface area (Å²) in [5.74, 6) is 0.936. The van der Waals surface area contributed by atoms with Gasteiger partial charge in [0.2, 0.25) is 0 Å². The van der Waals surface area contributed by atoms with Gasteiger partial charge >= 0.3 is 0 Å². The predicted molar refractivity (Wildman–Crippen MR) is 70.8 cm³/mol. The van der Waals surface area contributed by atoms with Crippen molar-refractivity contribution in [2.75, 3.05) is 19.6 Å². The molecule has 0 aliphatic rings. The van der Waals surface area contributed by atoms with E-state index in [0.717, 1.165) is 49.6 Å². The van der Waals surface area contributed by atoms with Gasteiger partial charge in [-0.1, -0.05) is 20.8 Å². The lowest BCUT2D eigenvalue weighted by molar-refractivity contribution is 0.305. The molecule has 0 bridgehead atoms. The van der Waals surface area contributed by atoms with Crippen LogP contribution in [0.4, 0.5) is 0 Å². The topological polar surface area (TPSA) is 55.0 Å². The zero-order valence-electron chi connectivity index (χ0n) is 11.2. The summed E-state index contributed by atoms with van der Waals surface area (Å²) in [5, 5.41) is 0. The van der Waals surface area contributed by atoms with Gasteiger partial charge in [-0.15, -0.1) is 0 Å². The first-order valence-corrected chi connectivity index (χ1v) is 6.51. The zero-order chi connectivity index (χ0) is 12.7. The summed E-state index contributed by atoms with van der Waals surface area (Å²) >= 11 is 0. The lowest BCUT2D eigenvalue weighted by atomic mass is 10.2. The molecule has 2 N–H and O–H groups in total. The fourth-order valence-corrected chi connectivity index (χ4v) is 1.88. The third-order valence-corrected chi connectivity index (χ3v) is 3.10. The molecular weight excluding hydrogens is 212 g/mol. The summed E-state index contributed by atoms with van der Waals surface area (Å²) in [6.07, 6.45) is 3.72. The van der Waals surface area contributed by atoms with Gasteiger partial charge in [-0.2, -0.15) is 0 Å². The zero-order valence-corrected chi connectivity index (χ0v) is 11.2. The molecule has 1 aromatic heterocycles. The van der Waals surface area contributed by atoms with Crippen LogP contribution in [-0.2, 0) is 19.4 Å². The first-order chi connectivity index (χ1) is 8.24. The largest absolute Gasteiger partial charge is 0.326 e. The lowest BCUT2D eigenvalue weighted by Crippen LogP contribution is -2.26. The molecule has 4 nitrogen and oxygen atoms in total. The minimum Gasteiger partial charge on any atom is -0.326 e. The van der Waals surface area contributed by atoms with Crippen molar-refractivity contribution in [3.05, 3.63) is 23.3 Å². The van der Waals surface area contributed by atoms with Crippen LogP contribution >= 0.6 is 0 Å². The molecule has 0 saturated carbocycles. The quantitative estimate of drug-likeness (QED) is 0.777. The highest BCUT2D eigenvalue weighted by molar-refractivity contribution is 5.17. The second-order valence-corrected chi connectivity index (χ2v) is 4.09. The Hall–Kier alpha value is -1.00. The van der Waals surface area contributed by atoms with Crippen LogP contribution in [0, 0.1) is 0 Å². The average Bonchev–Trinajstić information content (AvgIpc) is 2.39. The van der Waals surface area contributed by atoms with Crippen molar-refractivity contribution in [3.8, 4) is 0 Å². The highest BCUT2D eigenvalue weighted by Crippen LogP contribution is 2.06. The molecule has 0 spiro atoms. The van der Waals surface area contributed by atoms with Gasteiger partial charge < -0.3 is 10.6 Å². The first kappa shape index (κ1) is 14.1. The van der Waals surface area contributed by atoms with Gasteiger partial charge in [0.15, 0.2) is 0 Å². The maximum Gasteiger partial charge on any atom is 0.129 e. The number of hydrogen-bond acceptors (Lipinski definition) is 4. The van der Waals surface area contributed by atoms with Gasteiger partial charge in [0.1, 0.15) is 5.82 Å². The maximum absolute atomic E-state index is 5.65. The Morgan fingerprint density at radius 2 is 1.94 bits per heavy atom. The van der Waals surface area contributed by atoms with Gasteiger partial charge in [-0.3, -0.25) is 0 Å². The molecule has 0 amide bonds. The van der Waals surface area contributed by atoms with Gasteiger partial charge in [0.05, 0.1) is 0 Å². The number of rotatable bonds is 7. The molecule has 0 aliphatic heterocycles. The molecule has 1 heterocycles. The standard InChI is InChI=1S/C13H24N4/c1-4-12-11(9-14)10-15-13(16-12)7-8-17(5-2)6-3/h10H,4-9,14H2,1-3H3. The van der Waals surface area contributed by atoms with E-state index >= 15 is 0 Å². The van der Waals surface area contributed by atoms with Crippen molar-refractivity contribution in [1.82, 2.24) is 14.9 Å². The van der Waals surface area contributed by atoms with Crippen molar-refractivity contribution < 1.29 is 0 Å². The van der Waals surface area contributed by atoms with Crippen LogP contribution in [-0.4, -0.2) is 34.5 Å². The normalized spacial score (nSPS) is 11.1. The Balaban J connectivity index is 2.66. The number of hydrogen-bond donors (Lipinski definition) is 1. The summed E-state index contributed by atoms with van der Waals surface area (Å²) in [6, 6.07) is 0. The molecule has 0 fully saturated rings. The van der Waals surface area contributed by atoms with Crippen molar-refractivity contribution in [3.63, 3.8) is 0 Å². The molecular formula is C13H24N4. The molecule has 0 aromatic carbocycles. The second kappa shape index (κ2) is 7.35. The Bertz CT molecular complexity index is 334. The van der Waals surface area contributed by atoms with E-state index in [1.165, 1.54) is 0 Å². The number of nitrogens with two attached hydrogens (primary N) is 1. The van der Waals surface area contributed by atoms with E-state index in [0.29, 0.717) is 6.54 Å². The first-order valence-electron chi connectivity index (χ1n) is 6.51. The molecule has 96 valence electrons. The third-order valence-electron chi connectivity index (χ3n) is 3.10. The Morgan fingerprint density at radius 3 is 2.47 bits per heavy atom. The van der Waals surface area contributed by atoms with Crippen LogP contribution in [0.2, 0.25) is 0 Å². The Kier molecular flexibility index (Phi) is 6.08. The minimum atomic E-state index is 0.527. The summed E-state index contributed by atoms with van der Waals surface area (Å²) < 4.78 is 0. The molecule has 0 atom stereocenters. The van der Waals surface area contributed by atoms with E-state index in [1.54, 1.807) is 0 Å². The SMILES string of the molecule is CCc1nc(CCN(CC)CC)ncc1CN. The smallest absolute Gasteiger partial charge is 0.129 e. The van der Waals surface area contributed by atoms with Crippen molar-refractivity contribution in [1.29, 1.82) is 0 Å². The number of nitrogens with zero attached hydrogens (tertiary/aromatic N) is 3. The summed E-state index contributed by atoms with van der Waals surface area (Å²) in [7, 11) is 0. The fraction of sp³-hybridized carbons (Fsp3) is 0.692. The predicted octanol–water partition coefficient (Wildman–Crippen LogP) is 1.38. The van der Waals surface area contributed by atoms with Crippen molar-refractivity contribution >= 4 is 0 Å². The number of aryl methyl sites for hydroxylation is 1. The number of likely N-dealkylation sites (N-methyl/N-ethyl adjacent to an activating group) is 1. The molecule has 4 heteroatoms. The van der Waals surface area contributed by atoms with Crippen LogP contribution in [0.3, 0.4) is 0 Å². The molecule has 0 unspecified atom stereocenters.